The maximum absolute atomic E-state index is 5.76. The molecule has 0 amide bonds. The lowest BCUT2D eigenvalue weighted by molar-refractivity contribution is 0.510. The average molecular weight is 312 g/mol. The van der Waals surface area contributed by atoms with Crippen LogP contribution in [0.1, 0.15) is 35.7 Å². The molecule has 22 heavy (non-hydrogen) atoms. The van der Waals surface area contributed by atoms with Gasteiger partial charge in [-0.2, -0.15) is 5.10 Å². The monoisotopic (exact) mass is 312 g/mol. The summed E-state index contributed by atoms with van der Waals surface area (Å²) in [6, 6.07) is 0. The van der Waals surface area contributed by atoms with E-state index in [1.807, 2.05) is 17.8 Å². The second-order valence-corrected chi connectivity index (χ2v) is 7.16. The fourth-order valence-corrected chi connectivity index (χ4v) is 3.84. The first-order chi connectivity index (χ1) is 10.5. The van der Waals surface area contributed by atoms with Crippen molar-refractivity contribution in [1.29, 1.82) is 0 Å². The molecule has 0 saturated carbocycles. The fourth-order valence-electron chi connectivity index (χ4n) is 3.22. The third kappa shape index (κ3) is 2.00. The van der Waals surface area contributed by atoms with Crippen LogP contribution in [0, 0.1) is 0 Å². The predicted octanol–water partition coefficient (Wildman–Crippen LogP) is 2.33. The van der Waals surface area contributed by atoms with Crippen molar-refractivity contribution in [2.45, 2.75) is 32.1 Å². The van der Waals surface area contributed by atoms with Gasteiger partial charge in [-0.25, -0.2) is 15.0 Å². The zero-order valence-electron chi connectivity index (χ0n) is 12.4. The van der Waals surface area contributed by atoms with Crippen LogP contribution in [0.2, 0.25) is 0 Å². The van der Waals surface area contributed by atoms with Crippen molar-refractivity contribution in [3.8, 4) is 11.4 Å². The number of H-pyrrole nitrogens is 1. The van der Waals surface area contributed by atoms with Crippen LogP contribution in [0.5, 0.6) is 0 Å². The van der Waals surface area contributed by atoms with Gasteiger partial charge < -0.3 is 5.73 Å². The van der Waals surface area contributed by atoms with Crippen molar-refractivity contribution in [3.05, 3.63) is 39.6 Å². The number of rotatable bonds is 2. The van der Waals surface area contributed by atoms with E-state index in [1.54, 1.807) is 11.3 Å². The lowest BCUT2D eigenvalue weighted by Crippen LogP contribution is -2.27. The molecule has 0 aromatic carbocycles. The van der Waals surface area contributed by atoms with Crippen molar-refractivity contribution in [2.24, 2.45) is 0 Å². The highest BCUT2D eigenvalue weighted by Gasteiger charge is 2.36. The lowest BCUT2D eigenvalue weighted by atomic mass is 9.73. The molecule has 7 heteroatoms. The molecular weight excluding hydrogens is 296 g/mol. The first kappa shape index (κ1) is 13.4. The summed E-state index contributed by atoms with van der Waals surface area (Å²) in [5, 5.41) is 10.8. The number of aromatic nitrogens is 5. The van der Waals surface area contributed by atoms with E-state index in [2.05, 4.69) is 39.0 Å². The van der Waals surface area contributed by atoms with Gasteiger partial charge in [0.2, 0.25) is 5.95 Å². The van der Waals surface area contributed by atoms with Gasteiger partial charge >= 0.3 is 0 Å². The Morgan fingerprint density at radius 3 is 3.00 bits per heavy atom. The fraction of sp³-hybridized carbons (Fsp3) is 0.333. The van der Waals surface area contributed by atoms with Gasteiger partial charge in [0.05, 0.1) is 22.1 Å². The summed E-state index contributed by atoms with van der Waals surface area (Å²) in [7, 11) is 0. The zero-order chi connectivity index (χ0) is 15.3. The second-order valence-electron chi connectivity index (χ2n) is 6.19. The number of hydrogen-bond acceptors (Lipinski definition) is 6. The van der Waals surface area contributed by atoms with Gasteiger partial charge in [-0.1, -0.05) is 13.8 Å². The normalized spacial score (nSPS) is 15.4. The van der Waals surface area contributed by atoms with Crippen LogP contribution in [0.25, 0.3) is 11.4 Å². The van der Waals surface area contributed by atoms with Gasteiger partial charge in [0.1, 0.15) is 0 Å². The number of fused-ring (bicyclic) bond motifs is 3. The van der Waals surface area contributed by atoms with Crippen LogP contribution in [-0.4, -0.2) is 25.1 Å². The summed E-state index contributed by atoms with van der Waals surface area (Å²) in [6.07, 6.45) is 5.26. The lowest BCUT2D eigenvalue weighted by Gasteiger charge is -2.31. The Balaban J connectivity index is 1.87. The smallest absolute Gasteiger partial charge is 0.220 e. The molecule has 1 aliphatic rings. The molecule has 1 aliphatic carbocycles. The minimum Gasteiger partial charge on any atom is -0.368 e. The summed E-state index contributed by atoms with van der Waals surface area (Å²) >= 11 is 1.65. The molecule has 0 radical (unpaired) electrons. The molecule has 6 nitrogen and oxygen atoms in total. The number of nitrogens with two attached hydrogens (primary N) is 1. The Morgan fingerprint density at radius 2 is 2.23 bits per heavy atom. The van der Waals surface area contributed by atoms with Gasteiger partial charge in [-0.05, 0) is 17.4 Å². The van der Waals surface area contributed by atoms with E-state index in [0.717, 1.165) is 40.5 Å². The van der Waals surface area contributed by atoms with E-state index in [-0.39, 0.29) is 5.41 Å². The summed E-state index contributed by atoms with van der Waals surface area (Å²) in [4.78, 5) is 12.9. The molecule has 4 rings (SSSR count). The van der Waals surface area contributed by atoms with E-state index in [0.29, 0.717) is 5.95 Å². The second kappa shape index (κ2) is 4.61. The van der Waals surface area contributed by atoms with E-state index in [9.17, 15) is 0 Å². The Bertz CT molecular complexity index is 834. The van der Waals surface area contributed by atoms with E-state index >= 15 is 0 Å². The largest absolute Gasteiger partial charge is 0.368 e. The number of nitrogen functional groups attached to an aromatic ring is 1. The Kier molecular flexibility index (Phi) is 2.80. The highest BCUT2D eigenvalue weighted by molar-refractivity contribution is 7.09. The molecule has 0 aliphatic heterocycles. The number of nitrogens with zero attached hydrogens (tertiary/aromatic N) is 4. The molecule has 112 valence electrons. The number of hydrogen-bond donors (Lipinski definition) is 2. The molecule has 3 N–H and O–H groups in total. The van der Waals surface area contributed by atoms with Crippen molar-refractivity contribution in [3.63, 3.8) is 0 Å². The highest BCUT2D eigenvalue weighted by Crippen LogP contribution is 2.43. The van der Waals surface area contributed by atoms with Crippen LogP contribution >= 0.6 is 11.3 Å². The van der Waals surface area contributed by atoms with Crippen LogP contribution in [0.3, 0.4) is 0 Å². The van der Waals surface area contributed by atoms with E-state index < -0.39 is 0 Å². The van der Waals surface area contributed by atoms with Gasteiger partial charge in [-0.3, -0.25) is 5.10 Å². The van der Waals surface area contributed by atoms with Gasteiger partial charge in [0.25, 0.3) is 0 Å². The molecular formula is C15H16N6S. The predicted molar refractivity (Wildman–Crippen MR) is 85.7 cm³/mol. The maximum Gasteiger partial charge on any atom is 0.220 e. The number of aromatic amines is 1. The van der Waals surface area contributed by atoms with Gasteiger partial charge in [0, 0.05) is 29.8 Å². The average Bonchev–Trinajstić information content (AvgIpc) is 3.10. The Morgan fingerprint density at radius 1 is 1.36 bits per heavy atom. The number of anilines is 1. The quantitative estimate of drug-likeness (QED) is 0.757. The Hall–Kier alpha value is -2.28. The molecule has 0 spiro atoms. The zero-order valence-corrected chi connectivity index (χ0v) is 13.2. The molecule has 0 unspecified atom stereocenters. The van der Waals surface area contributed by atoms with Gasteiger partial charge in [-0.15, -0.1) is 11.3 Å². The van der Waals surface area contributed by atoms with Crippen molar-refractivity contribution in [1.82, 2.24) is 25.1 Å². The molecule has 0 atom stereocenters. The van der Waals surface area contributed by atoms with Gasteiger partial charge in [0.15, 0.2) is 0 Å². The summed E-state index contributed by atoms with van der Waals surface area (Å²) in [5.41, 5.74) is 10.9. The molecule has 0 bridgehead atoms. The standard InChI is InChI=1S/C15H16N6S/c1-15(2)6-8-7-18-14(16)19-12(8)13-11(15)9(20-21-13)5-10-17-3-4-22-10/h3-4,7H,5-6H2,1-2H3,(H,20,21)(H2,16,18,19). The highest BCUT2D eigenvalue weighted by atomic mass is 32.1. The number of nitrogens with one attached hydrogen (secondary N) is 1. The molecule has 0 fully saturated rings. The van der Waals surface area contributed by atoms with Crippen LogP contribution in [0.15, 0.2) is 17.8 Å². The molecule has 3 aromatic heterocycles. The SMILES string of the molecule is CC1(C)Cc2cnc(N)nc2-c2[nH]nc(Cc3nccs3)c21. The first-order valence-corrected chi connectivity index (χ1v) is 8.00. The van der Waals surface area contributed by atoms with Crippen molar-refractivity contribution >= 4 is 17.3 Å². The van der Waals surface area contributed by atoms with Crippen molar-refractivity contribution in [2.75, 3.05) is 5.73 Å². The van der Waals surface area contributed by atoms with Crippen LogP contribution in [0.4, 0.5) is 5.95 Å². The van der Waals surface area contributed by atoms with Crippen LogP contribution < -0.4 is 5.73 Å². The molecule has 3 heterocycles. The summed E-state index contributed by atoms with van der Waals surface area (Å²) < 4.78 is 0. The number of thiazole rings is 1. The molecule has 0 saturated heterocycles. The molecule has 3 aromatic rings. The maximum atomic E-state index is 5.76. The minimum atomic E-state index is -0.0264. The van der Waals surface area contributed by atoms with Crippen molar-refractivity contribution < 1.29 is 0 Å². The minimum absolute atomic E-state index is 0.0264. The summed E-state index contributed by atoms with van der Waals surface area (Å²) in [5.74, 6) is 0.292. The van der Waals surface area contributed by atoms with E-state index in [4.69, 9.17) is 5.73 Å². The van der Waals surface area contributed by atoms with Crippen LogP contribution in [-0.2, 0) is 18.3 Å². The van der Waals surface area contributed by atoms with E-state index in [1.165, 1.54) is 5.56 Å². The third-order valence-electron chi connectivity index (χ3n) is 4.07. The Labute approximate surface area is 131 Å². The topological polar surface area (TPSA) is 93.4 Å². The first-order valence-electron chi connectivity index (χ1n) is 7.12. The third-order valence-corrected chi connectivity index (χ3v) is 4.85. The summed E-state index contributed by atoms with van der Waals surface area (Å²) in [6.45, 7) is 4.46.